The molecule has 8 nitrogen and oxygen atoms in total. The first-order valence-electron chi connectivity index (χ1n) is 10.1. The second-order valence-corrected chi connectivity index (χ2v) is 9.81. The molecule has 154 valence electrons. The summed E-state index contributed by atoms with van der Waals surface area (Å²) >= 11 is 0. The molecule has 4 rings (SSSR count). The van der Waals surface area contributed by atoms with Crippen LogP contribution in [0.4, 0.5) is 5.82 Å². The SMILES string of the molecule is CC[C@@H](COC)NS(=O)(=O)c1cnn2ccc(NC3CC4CCC(C4)C3)nc12. The predicted molar refractivity (Wildman–Crippen MR) is 107 cm³/mol. The Morgan fingerprint density at radius 1 is 1.29 bits per heavy atom. The number of anilines is 1. The van der Waals surface area contributed by atoms with Crippen LogP contribution in [0.5, 0.6) is 0 Å². The summed E-state index contributed by atoms with van der Waals surface area (Å²) in [5.74, 6) is 2.35. The summed E-state index contributed by atoms with van der Waals surface area (Å²) in [6.07, 6.45) is 10.1. The summed E-state index contributed by atoms with van der Waals surface area (Å²) in [6.45, 7) is 2.24. The van der Waals surface area contributed by atoms with Gasteiger partial charge in [0.25, 0.3) is 0 Å². The first-order chi connectivity index (χ1) is 13.5. The number of rotatable bonds is 8. The van der Waals surface area contributed by atoms with Crippen molar-refractivity contribution in [1.29, 1.82) is 0 Å². The molecule has 2 aromatic rings. The van der Waals surface area contributed by atoms with Gasteiger partial charge in [0.1, 0.15) is 10.7 Å². The van der Waals surface area contributed by atoms with Crippen LogP contribution in [0.1, 0.15) is 45.4 Å². The number of hydrogen-bond acceptors (Lipinski definition) is 6. The molecule has 2 unspecified atom stereocenters. The first-order valence-corrected chi connectivity index (χ1v) is 11.6. The Balaban J connectivity index is 1.56. The summed E-state index contributed by atoms with van der Waals surface area (Å²) in [4.78, 5) is 4.68. The van der Waals surface area contributed by atoms with Gasteiger partial charge in [-0.15, -0.1) is 0 Å². The lowest BCUT2D eigenvalue weighted by Crippen LogP contribution is -2.37. The third-order valence-electron chi connectivity index (χ3n) is 6.05. The molecule has 2 N–H and O–H groups in total. The highest BCUT2D eigenvalue weighted by atomic mass is 32.2. The molecule has 0 radical (unpaired) electrons. The minimum Gasteiger partial charge on any atom is -0.383 e. The van der Waals surface area contributed by atoms with E-state index in [1.165, 1.54) is 42.8 Å². The molecular weight excluding hydrogens is 378 g/mol. The van der Waals surface area contributed by atoms with Crippen LogP contribution in [0.3, 0.4) is 0 Å². The van der Waals surface area contributed by atoms with Crippen molar-refractivity contribution < 1.29 is 13.2 Å². The van der Waals surface area contributed by atoms with E-state index in [9.17, 15) is 8.42 Å². The molecule has 2 aliphatic carbocycles. The Hall–Kier alpha value is -1.71. The second-order valence-electron chi connectivity index (χ2n) is 8.13. The zero-order chi connectivity index (χ0) is 19.7. The van der Waals surface area contributed by atoms with Crippen molar-refractivity contribution in [3.8, 4) is 0 Å². The number of ether oxygens (including phenoxy) is 1. The molecule has 0 spiro atoms. The number of methoxy groups -OCH3 is 1. The highest BCUT2D eigenvalue weighted by Crippen LogP contribution is 2.42. The number of hydrogen-bond donors (Lipinski definition) is 2. The van der Waals surface area contributed by atoms with Gasteiger partial charge in [-0.3, -0.25) is 0 Å². The van der Waals surface area contributed by atoms with Crippen LogP contribution in [0.25, 0.3) is 5.65 Å². The van der Waals surface area contributed by atoms with Gasteiger partial charge in [-0.1, -0.05) is 19.8 Å². The van der Waals surface area contributed by atoms with Crippen LogP contribution >= 0.6 is 0 Å². The number of nitrogens with one attached hydrogen (secondary N) is 2. The zero-order valence-electron chi connectivity index (χ0n) is 16.5. The normalized spacial score (nSPS) is 25.9. The van der Waals surface area contributed by atoms with Crippen LogP contribution in [0.15, 0.2) is 23.4 Å². The lowest BCUT2D eigenvalue weighted by Gasteiger charge is -2.28. The van der Waals surface area contributed by atoms with Crippen molar-refractivity contribution in [3.63, 3.8) is 0 Å². The summed E-state index contributed by atoms with van der Waals surface area (Å²) in [7, 11) is -2.18. The van der Waals surface area contributed by atoms with Crippen LogP contribution < -0.4 is 10.0 Å². The molecule has 2 heterocycles. The maximum atomic E-state index is 12.9. The summed E-state index contributed by atoms with van der Waals surface area (Å²) in [5, 5.41) is 7.69. The standard InChI is InChI=1S/C19H29N5O3S/c1-3-15(12-27-2)23-28(25,26)17-11-20-24-7-6-18(22-19(17)24)21-16-9-13-4-5-14(8-13)10-16/h6-7,11,13-16,23H,3-5,8-10,12H2,1-2H3,(H,21,22)/t13?,14?,15-,16?/m0/s1. The molecule has 2 fully saturated rings. The van der Waals surface area contributed by atoms with Gasteiger partial charge < -0.3 is 10.1 Å². The number of nitrogens with zero attached hydrogens (tertiary/aromatic N) is 3. The number of sulfonamides is 1. The quantitative estimate of drug-likeness (QED) is 0.697. The van der Waals surface area contributed by atoms with E-state index in [0.717, 1.165) is 11.8 Å². The number of fused-ring (bicyclic) bond motifs is 3. The van der Waals surface area contributed by atoms with Gasteiger partial charge >= 0.3 is 0 Å². The fourth-order valence-corrected chi connectivity index (χ4v) is 6.04. The Morgan fingerprint density at radius 2 is 2.04 bits per heavy atom. The van der Waals surface area contributed by atoms with Crippen LogP contribution in [0, 0.1) is 11.8 Å². The van der Waals surface area contributed by atoms with Crippen molar-refractivity contribution >= 4 is 21.5 Å². The fraction of sp³-hybridized carbons (Fsp3) is 0.684. The van der Waals surface area contributed by atoms with Crippen molar-refractivity contribution in [2.45, 2.75) is 62.4 Å². The average Bonchev–Trinajstić information content (AvgIpc) is 3.24. The van der Waals surface area contributed by atoms with Gasteiger partial charge in [-0.2, -0.15) is 5.10 Å². The summed E-state index contributed by atoms with van der Waals surface area (Å²) < 4.78 is 35.0. The van der Waals surface area contributed by atoms with E-state index in [2.05, 4.69) is 20.1 Å². The molecule has 0 aliphatic heterocycles. The zero-order valence-corrected chi connectivity index (χ0v) is 17.3. The van der Waals surface area contributed by atoms with Gasteiger partial charge in [-0.25, -0.2) is 22.6 Å². The maximum absolute atomic E-state index is 12.9. The van der Waals surface area contributed by atoms with E-state index in [1.54, 1.807) is 13.3 Å². The predicted octanol–water partition coefficient (Wildman–Crippen LogP) is 2.42. The third kappa shape index (κ3) is 4.01. The number of aromatic nitrogens is 3. The van der Waals surface area contributed by atoms with Gasteiger partial charge in [-0.05, 0) is 43.6 Å². The van der Waals surface area contributed by atoms with Gasteiger partial charge in [0, 0.05) is 25.4 Å². The van der Waals surface area contributed by atoms with Gasteiger partial charge in [0.15, 0.2) is 5.65 Å². The lowest BCUT2D eigenvalue weighted by molar-refractivity contribution is 0.173. The molecule has 3 atom stereocenters. The molecule has 28 heavy (non-hydrogen) atoms. The monoisotopic (exact) mass is 407 g/mol. The molecule has 0 amide bonds. The molecular formula is C19H29N5O3S. The molecule has 2 aromatic heterocycles. The Morgan fingerprint density at radius 3 is 2.71 bits per heavy atom. The topological polar surface area (TPSA) is 97.6 Å². The summed E-state index contributed by atoms with van der Waals surface area (Å²) in [6, 6.07) is 1.98. The molecule has 2 aliphatic rings. The van der Waals surface area contributed by atoms with Crippen molar-refractivity contribution in [3.05, 3.63) is 18.5 Å². The maximum Gasteiger partial charge on any atom is 0.246 e. The van der Waals surface area contributed by atoms with Crippen LogP contribution in [0.2, 0.25) is 0 Å². The minimum atomic E-state index is -3.74. The smallest absolute Gasteiger partial charge is 0.246 e. The van der Waals surface area contributed by atoms with Crippen LogP contribution in [-0.2, 0) is 14.8 Å². The fourth-order valence-electron chi connectivity index (χ4n) is 4.67. The van der Waals surface area contributed by atoms with E-state index >= 15 is 0 Å². The van der Waals surface area contributed by atoms with Crippen LogP contribution in [-0.4, -0.2) is 48.8 Å². The van der Waals surface area contributed by atoms with E-state index < -0.39 is 10.0 Å². The van der Waals surface area contributed by atoms with Crippen molar-refractivity contribution in [2.75, 3.05) is 19.0 Å². The Kier molecular flexibility index (Phi) is 5.57. The molecule has 0 aromatic carbocycles. The molecule has 2 bridgehead atoms. The third-order valence-corrected chi connectivity index (χ3v) is 7.56. The molecule has 2 saturated carbocycles. The largest absolute Gasteiger partial charge is 0.383 e. The molecule has 9 heteroatoms. The average molecular weight is 408 g/mol. The summed E-state index contributed by atoms with van der Waals surface area (Å²) in [5.41, 5.74) is 0.337. The second kappa shape index (κ2) is 7.96. The van der Waals surface area contributed by atoms with E-state index in [0.29, 0.717) is 30.5 Å². The van der Waals surface area contributed by atoms with Gasteiger partial charge in [0.05, 0.1) is 12.8 Å². The van der Waals surface area contributed by atoms with Crippen molar-refractivity contribution in [1.82, 2.24) is 19.3 Å². The highest BCUT2D eigenvalue weighted by molar-refractivity contribution is 7.89. The Labute approximate surface area is 166 Å². The Bertz CT molecular complexity index is 917. The first kappa shape index (κ1) is 19.6. The highest BCUT2D eigenvalue weighted by Gasteiger charge is 2.34. The minimum absolute atomic E-state index is 0.0921. The van der Waals surface area contributed by atoms with Gasteiger partial charge in [0.2, 0.25) is 10.0 Å². The molecule has 0 saturated heterocycles. The van der Waals surface area contributed by atoms with Crippen molar-refractivity contribution in [2.24, 2.45) is 11.8 Å². The van der Waals surface area contributed by atoms with E-state index in [4.69, 9.17) is 4.74 Å². The van der Waals surface area contributed by atoms with E-state index in [1.807, 2.05) is 13.0 Å². The van der Waals surface area contributed by atoms with E-state index in [-0.39, 0.29) is 10.9 Å². The lowest BCUT2D eigenvalue weighted by atomic mass is 9.85.